The van der Waals surface area contributed by atoms with Crippen LogP contribution in [0.15, 0.2) is 36.4 Å². The van der Waals surface area contributed by atoms with Crippen LogP contribution in [0.25, 0.3) is 0 Å². The molecule has 3 aliphatic rings. The van der Waals surface area contributed by atoms with Crippen molar-refractivity contribution >= 4 is 11.6 Å². The molecule has 1 amide bonds. The maximum absolute atomic E-state index is 13.9. The Morgan fingerprint density at radius 2 is 2.06 bits per heavy atom. The first-order valence-electron chi connectivity index (χ1n) is 11.0. The number of aliphatic hydroxyl groups is 2. The van der Waals surface area contributed by atoms with Gasteiger partial charge in [-0.15, -0.1) is 0 Å². The highest BCUT2D eigenvalue weighted by molar-refractivity contribution is 5.93. The minimum absolute atomic E-state index is 0.00469. The summed E-state index contributed by atoms with van der Waals surface area (Å²) < 4.78 is 33.0. The number of fused-ring (bicyclic) bond motifs is 2. The Morgan fingerprint density at radius 3 is 2.88 bits per heavy atom. The lowest BCUT2D eigenvalue weighted by Crippen LogP contribution is -2.36. The summed E-state index contributed by atoms with van der Waals surface area (Å²) in [5.41, 5.74) is 1.62. The first-order chi connectivity index (χ1) is 15.3. The minimum atomic E-state index is -0.978. The van der Waals surface area contributed by atoms with E-state index in [1.807, 2.05) is 23.1 Å². The van der Waals surface area contributed by atoms with Crippen LogP contribution in [0, 0.1) is 17.6 Å². The Balaban J connectivity index is 1.19. The number of nitrogens with zero attached hydrogens (tertiary/aromatic N) is 1. The molecule has 0 spiro atoms. The second-order valence-electron chi connectivity index (χ2n) is 9.23. The van der Waals surface area contributed by atoms with E-state index in [1.165, 1.54) is 0 Å². The number of β-amino-alcohol motifs (C(OH)–C–C–N with tert-alkyl or cyclic N) is 2. The van der Waals surface area contributed by atoms with Crippen molar-refractivity contribution in [1.82, 2.24) is 4.90 Å². The van der Waals surface area contributed by atoms with Crippen molar-refractivity contribution in [2.24, 2.45) is 5.92 Å². The van der Waals surface area contributed by atoms with Crippen molar-refractivity contribution in [2.75, 3.05) is 25.0 Å². The number of halogens is 2. The van der Waals surface area contributed by atoms with Crippen LogP contribution in [0.2, 0.25) is 0 Å². The maximum atomic E-state index is 13.9. The van der Waals surface area contributed by atoms with Gasteiger partial charge in [-0.3, -0.25) is 9.69 Å². The number of aryl methyl sites for hydroxylation is 1. The van der Waals surface area contributed by atoms with Crippen LogP contribution in [0.4, 0.5) is 14.5 Å². The van der Waals surface area contributed by atoms with Crippen LogP contribution in [0.3, 0.4) is 0 Å². The number of hydrogen-bond donors (Lipinski definition) is 3. The largest absolute Gasteiger partial charge is 0.487 e. The Labute approximate surface area is 184 Å². The molecule has 0 unspecified atom stereocenters. The molecule has 5 rings (SSSR count). The zero-order chi connectivity index (χ0) is 22.5. The van der Waals surface area contributed by atoms with Crippen LogP contribution in [0.1, 0.15) is 36.5 Å². The number of carbonyl (C=O) groups is 1. The minimum Gasteiger partial charge on any atom is -0.487 e. The van der Waals surface area contributed by atoms with E-state index in [2.05, 4.69) is 5.32 Å². The van der Waals surface area contributed by atoms with Crippen molar-refractivity contribution in [3.63, 3.8) is 0 Å². The number of hydrogen-bond acceptors (Lipinski definition) is 5. The fourth-order valence-electron chi connectivity index (χ4n) is 5.32. The number of benzene rings is 2. The van der Waals surface area contributed by atoms with Gasteiger partial charge in [0.05, 0.1) is 11.7 Å². The van der Waals surface area contributed by atoms with Gasteiger partial charge in [0, 0.05) is 50.1 Å². The van der Waals surface area contributed by atoms with Gasteiger partial charge in [0.1, 0.15) is 11.9 Å². The third-order valence-corrected chi connectivity index (χ3v) is 6.89. The molecular weight excluding hydrogens is 418 g/mol. The summed E-state index contributed by atoms with van der Waals surface area (Å²) >= 11 is 0. The van der Waals surface area contributed by atoms with Crippen molar-refractivity contribution in [3.05, 3.63) is 59.2 Å². The molecule has 3 N–H and O–H groups in total. The zero-order valence-corrected chi connectivity index (χ0v) is 17.6. The predicted molar refractivity (Wildman–Crippen MR) is 113 cm³/mol. The molecule has 2 fully saturated rings. The molecule has 0 bridgehead atoms. The average Bonchev–Trinajstić information content (AvgIpc) is 3.20. The number of nitrogens with one attached hydrogen (secondary N) is 1. The van der Waals surface area contributed by atoms with E-state index in [1.54, 1.807) is 0 Å². The van der Waals surface area contributed by atoms with Crippen LogP contribution >= 0.6 is 0 Å². The molecular formula is C24H26F2N2O4. The summed E-state index contributed by atoms with van der Waals surface area (Å²) in [6.45, 7) is 1.37. The fourth-order valence-corrected chi connectivity index (χ4v) is 5.32. The van der Waals surface area contributed by atoms with E-state index >= 15 is 0 Å². The molecule has 4 atom stereocenters. The SMILES string of the molecule is O=C1CCc2cc([C@@H](O)CN3C[C@H]4C[C@H](Oc5cc(F)ccc5F)C[C@@]4(O)C3)ccc2N1. The van der Waals surface area contributed by atoms with Crippen LogP contribution < -0.4 is 10.1 Å². The van der Waals surface area contributed by atoms with E-state index in [0.717, 1.165) is 35.0 Å². The average molecular weight is 444 g/mol. The molecule has 1 saturated heterocycles. The van der Waals surface area contributed by atoms with E-state index in [0.29, 0.717) is 45.3 Å². The highest BCUT2D eigenvalue weighted by atomic mass is 19.1. The second kappa shape index (κ2) is 8.10. The quantitative estimate of drug-likeness (QED) is 0.661. The molecule has 8 heteroatoms. The van der Waals surface area contributed by atoms with E-state index in [4.69, 9.17) is 4.74 Å². The molecule has 0 radical (unpaired) electrons. The lowest BCUT2D eigenvalue weighted by Gasteiger charge is -2.25. The van der Waals surface area contributed by atoms with Crippen LogP contribution in [-0.4, -0.2) is 52.4 Å². The molecule has 2 heterocycles. The Kier molecular flexibility index (Phi) is 5.39. The summed E-state index contributed by atoms with van der Waals surface area (Å²) in [6.07, 6.45) is 0.866. The lowest BCUT2D eigenvalue weighted by atomic mass is 9.95. The molecule has 1 aliphatic carbocycles. The highest BCUT2D eigenvalue weighted by Gasteiger charge is 2.53. The molecule has 170 valence electrons. The standard InChI is InChI=1S/C24H26F2N2O4/c25-17-3-4-19(26)22(9-17)32-18-8-16-11-28(13-24(16,31)10-18)12-21(29)15-1-5-20-14(7-15)2-6-23(30)27-20/h1,3-5,7,9,16,18,21,29,31H,2,6,8,10-13H2,(H,27,30)/t16-,18+,21+,24-/m1/s1. The molecule has 2 aromatic carbocycles. The summed E-state index contributed by atoms with van der Waals surface area (Å²) in [5, 5.41) is 24.7. The van der Waals surface area contributed by atoms with Gasteiger partial charge in [-0.05, 0) is 42.2 Å². The highest BCUT2D eigenvalue weighted by Crippen LogP contribution is 2.43. The van der Waals surface area contributed by atoms with Crippen molar-refractivity contribution in [2.45, 2.75) is 43.5 Å². The van der Waals surface area contributed by atoms with Gasteiger partial charge in [0.2, 0.25) is 5.91 Å². The number of aliphatic hydroxyl groups excluding tert-OH is 1. The van der Waals surface area contributed by atoms with Crippen LogP contribution in [-0.2, 0) is 11.2 Å². The zero-order valence-electron chi connectivity index (χ0n) is 17.6. The van der Waals surface area contributed by atoms with Crippen LogP contribution in [0.5, 0.6) is 5.75 Å². The Bertz CT molecular complexity index is 1050. The molecule has 6 nitrogen and oxygen atoms in total. The number of likely N-dealkylation sites (tertiary alicyclic amines) is 1. The monoisotopic (exact) mass is 444 g/mol. The lowest BCUT2D eigenvalue weighted by molar-refractivity contribution is -0.116. The topological polar surface area (TPSA) is 82.0 Å². The third kappa shape index (κ3) is 4.10. The number of anilines is 1. The summed E-state index contributed by atoms with van der Waals surface area (Å²) in [5.74, 6) is -1.37. The normalized spacial score (nSPS) is 28.2. The molecule has 2 aliphatic heterocycles. The number of ether oxygens (including phenoxy) is 1. The van der Waals surface area contributed by atoms with E-state index in [9.17, 15) is 23.8 Å². The van der Waals surface area contributed by atoms with Gasteiger partial charge in [-0.2, -0.15) is 0 Å². The first kappa shape index (κ1) is 21.3. The molecule has 0 aromatic heterocycles. The van der Waals surface area contributed by atoms with Gasteiger partial charge in [-0.25, -0.2) is 8.78 Å². The smallest absolute Gasteiger partial charge is 0.224 e. The van der Waals surface area contributed by atoms with Gasteiger partial charge >= 0.3 is 0 Å². The number of rotatable bonds is 5. The van der Waals surface area contributed by atoms with Gasteiger partial charge in [-0.1, -0.05) is 12.1 Å². The summed E-state index contributed by atoms with van der Waals surface area (Å²) in [4.78, 5) is 13.6. The van der Waals surface area contributed by atoms with Gasteiger partial charge < -0.3 is 20.3 Å². The van der Waals surface area contributed by atoms with Crippen molar-refractivity contribution in [1.29, 1.82) is 0 Å². The van der Waals surface area contributed by atoms with E-state index < -0.39 is 23.3 Å². The number of carbonyl (C=O) groups excluding carboxylic acids is 1. The predicted octanol–water partition coefficient (Wildman–Crippen LogP) is 2.79. The van der Waals surface area contributed by atoms with Crippen molar-refractivity contribution < 1.29 is 28.5 Å². The molecule has 1 saturated carbocycles. The third-order valence-electron chi connectivity index (χ3n) is 6.89. The maximum Gasteiger partial charge on any atom is 0.224 e. The van der Waals surface area contributed by atoms with Gasteiger partial charge in [0.25, 0.3) is 0 Å². The Morgan fingerprint density at radius 1 is 1.22 bits per heavy atom. The molecule has 32 heavy (non-hydrogen) atoms. The van der Waals surface area contributed by atoms with E-state index in [-0.39, 0.29) is 23.7 Å². The summed E-state index contributed by atoms with van der Waals surface area (Å²) in [6, 6.07) is 8.68. The van der Waals surface area contributed by atoms with Crippen molar-refractivity contribution in [3.8, 4) is 5.75 Å². The Hall–Kier alpha value is -2.55. The first-order valence-corrected chi connectivity index (χ1v) is 11.0. The number of amides is 1. The van der Waals surface area contributed by atoms with Gasteiger partial charge in [0.15, 0.2) is 11.6 Å². The summed E-state index contributed by atoms with van der Waals surface area (Å²) in [7, 11) is 0. The molecule has 2 aromatic rings. The fraction of sp³-hybridized carbons (Fsp3) is 0.458. The second-order valence-corrected chi connectivity index (χ2v) is 9.23.